The van der Waals surface area contributed by atoms with Gasteiger partial charge >= 0.3 is 0 Å². The van der Waals surface area contributed by atoms with E-state index in [1.165, 1.54) is 154 Å². The van der Waals surface area contributed by atoms with E-state index in [4.69, 9.17) is 28.4 Å². The molecule has 0 aliphatic carbocycles. The Balaban J connectivity index is 1.48. The van der Waals surface area contributed by atoms with Crippen molar-refractivity contribution < 1.29 is 89.4 Å². The highest BCUT2D eigenvalue weighted by atomic mass is 16.8. The summed E-state index contributed by atoms with van der Waals surface area (Å²) < 4.78 is 34.3. The number of rotatable bonds is 48. The minimum atomic E-state index is -1.98. The number of unbranched alkanes of at least 4 members (excludes halogenated alkanes) is 30. The van der Waals surface area contributed by atoms with Gasteiger partial charge in [0, 0.05) is 6.42 Å². The minimum Gasteiger partial charge on any atom is -0.394 e. The second kappa shape index (κ2) is 45.6. The summed E-state index contributed by atoms with van der Waals surface area (Å²) >= 11 is 0. The molecule has 81 heavy (non-hydrogen) atoms. The predicted molar refractivity (Wildman–Crippen MR) is 310 cm³/mol. The molecule has 0 radical (unpaired) electrons. The van der Waals surface area contributed by atoms with E-state index in [0.717, 1.165) is 51.4 Å². The van der Waals surface area contributed by atoms with E-state index in [0.29, 0.717) is 6.42 Å². The van der Waals surface area contributed by atoms with Crippen LogP contribution in [0.25, 0.3) is 0 Å². The molecule has 0 aromatic carbocycles. The molecule has 0 aromatic heterocycles. The molecule has 17 atom stereocenters. The van der Waals surface area contributed by atoms with Crippen LogP contribution in [0.4, 0.5) is 0 Å². The van der Waals surface area contributed by atoms with Crippen molar-refractivity contribution in [1.82, 2.24) is 5.32 Å². The molecule has 3 rings (SSSR count). The predicted octanol–water partition coefficient (Wildman–Crippen LogP) is 6.71. The fourth-order valence-electron chi connectivity index (χ4n) is 11.0. The van der Waals surface area contributed by atoms with Crippen LogP contribution in [-0.4, -0.2) is 193 Å². The molecule has 3 heterocycles. The molecule has 3 aliphatic heterocycles. The average Bonchev–Trinajstić information content (AvgIpc) is 3.51. The van der Waals surface area contributed by atoms with Crippen molar-refractivity contribution in [3.05, 3.63) is 24.3 Å². The lowest BCUT2D eigenvalue weighted by Crippen LogP contribution is -2.66. The lowest BCUT2D eigenvalue weighted by atomic mass is 9.96. The lowest BCUT2D eigenvalue weighted by molar-refractivity contribution is -0.379. The number of nitrogens with one attached hydrogen (secondary N) is 1. The van der Waals surface area contributed by atoms with Gasteiger partial charge in [0.2, 0.25) is 5.91 Å². The number of hydrogen-bond donors (Lipinski definition) is 12. The van der Waals surface area contributed by atoms with Crippen molar-refractivity contribution in [3.8, 4) is 0 Å². The van der Waals surface area contributed by atoms with Gasteiger partial charge in [-0.05, 0) is 44.9 Å². The van der Waals surface area contributed by atoms with Crippen molar-refractivity contribution in [2.45, 2.75) is 336 Å². The van der Waals surface area contributed by atoms with Crippen LogP contribution in [0, 0.1) is 0 Å². The lowest BCUT2D eigenvalue weighted by Gasteiger charge is -2.48. The van der Waals surface area contributed by atoms with E-state index < -0.39 is 124 Å². The molecular formula is C62H115NO18. The third kappa shape index (κ3) is 29.0. The number of aliphatic hydroxyl groups is 11. The fourth-order valence-corrected chi connectivity index (χ4v) is 11.0. The second-order valence-corrected chi connectivity index (χ2v) is 23.2. The SMILES string of the molecule is CCCCCCCC/C=C\CCCCCCCCCCCC(=O)NC(COC1OC(CO)C(OC2OC(CO)C(OC3OC(CO)C(O)C(O)C3O)C(O)C2O)C(O)C1O)C(O)/C=C/CCCCCCCCCCCCCCCCC. The third-order valence-corrected chi connectivity index (χ3v) is 16.2. The van der Waals surface area contributed by atoms with Crippen molar-refractivity contribution in [3.63, 3.8) is 0 Å². The van der Waals surface area contributed by atoms with Crippen LogP contribution in [-0.2, 0) is 33.2 Å². The average molecular weight is 1160 g/mol. The van der Waals surface area contributed by atoms with Crippen LogP contribution in [0.2, 0.25) is 0 Å². The molecule has 0 spiro atoms. The summed E-state index contributed by atoms with van der Waals surface area (Å²) in [5.41, 5.74) is 0. The van der Waals surface area contributed by atoms with Gasteiger partial charge < -0.3 is 89.9 Å². The third-order valence-electron chi connectivity index (χ3n) is 16.2. The van der Waals surface area contributed by atoms with Crippen molar-refractivity contribution in [2.24, 2.45) is 0 Å². The Bertz CT molecular complexity index is 1580. The Morgan fingerprint density at radius 2 is 0.778 bits per heavy atom. The summed E-state index contributed by atoms with van der Waals surface area (Å²) in [6, 6.07) is -0.971. The van der Waals surface area contributed by atoms with Gasteiger partial charge in [-0.1, -0.05) is 205 Å². The Morgan fingerprint density at radius 1 is 0.432 bits per heavy atom. The van der Waals surface area contributed by atoms with E-state index in [1.54, 1.807) is 6.08 Å². The van der Waals surface area contributed by atoms with Gasteiger partial charge in [-0.15, -0.1) is 0 Å². The summed E-state index contributed by atoms with van der Waals surface area (Å²) in [4.78, 5) is 13.4. The molecule has 19 nitrogen and oxygen atoms in total. The Labute approximate surface area is 486 Å². The first-order valence-corrected chi connectivity index (χ1v) is 32.1. The summed E-state index contributed by atoms with van der Waals surface area (Å²) in [7, 11) is 0. The number of ether oxygens (including phenoxy) is 6. The van der Waals surface area contributed by atoms with E-state index in [2.05, 4.69) is 31.3 Å². The quantitative estimate of drug-likeness (QED) is 0.0222. The molecule has 19 heteroatoms. The van der Waals surface area contributed by atoms with E-state index in [1.807, 2.05) is 6.08 Å². The van der Waals surface area contributed by atoms with Crippen molar-refractivity contribution in [2.75, 3.05) is 26.4 Å². The first-order chi connectivity index (χ1) is 39.3. The zero-order chi connectivity index (χ0) is 59.0. The van der Waals surface area contributed by atoms with Crippen LogP contribution in [0.1, 0.15) is 232 Å². The maximum atomic E-state index is 13.4. The molecule has 3 fully saturated rings. The highest BCUT2D eigenvalue weighted by Gasteiger charge is 2.53. The summed E-state index contributed by atoms with van der Waals surface area (Å²) in [5, 5.41) is 120. The first-order valence-electron chi connectivity index (χ1n) is 32.1. The molecule has 3 aliphatic rings. The van der Waals surface area contributed by atoms with Crippen LogP contribution >= 0.6 is 0 Å². The van der Waals surface area contributed by atoms with Gasteiger partial charge in [-0.3, -0.25) is 4.79 Å². The van der Waals surface area contributed by atoms with E-state index in [9.17, 15) is 61.0 Å². The fraction of sp³-hybridized carbons (Fsp3) is 0.919. The molecule has 1 amide bonds. The number of carbonyl (C=O) groups excluding carboxylic acids is 1. The van der Waals surface area contributed by atoms with E-state index >= 15 is 0 Å². The summed E-state index contributed by atoms with van der Waals surface area (Å²) in [6.07, 6.45) is 21.5. The molecule has 0 bridgehead atoms. The van der Waals surface area contributed by atoms with Crippen molar-refractivity contribution in [1.29, 1.82) is 0 Å². The smallest absolute Gasteiger partial charge is 0.220 e. The van der Waals surface area contributed by atoms with Gasteiger partial charge in [-0.2, -0.15) is 0 Å². The van der Waals surface area contributed by atoms with Crippen molar-refractivity contribution >= 4 is 5.91 Å². The molecular weight excluding hydrogens is 1050 g/mol. The maximum Gasteiger partial charge on any atom is 0.220 e. The number of aliphatic hydroxyl groups excluding tert-OH is 11. The molecule has 3 saturated heterocycles. The first kappa shape index (κ1) is 73.5. The van der Waals surface area contributed by atoms with Gasteiger partial charge in [0.15, 0.2) is 18.9 Å². The Morgan fingerprint density at radius 3 is 1.20 bits per heavy atom. The molecule has 17 unspecified atom stereocenters. The highest BCUT2D eigenvalue weighted by Crippen LogP contribution is 2.33. The van der Waals surface area contributed by atoms with Crippen LogP contribution in [0.5, 0.6) is 0 Å². The normalized spacial score (nSPS) is 29.9. The summed E-state index contributed by atoms with van der Waals surface area (Å²) in [5.74, 6) is -0.276. The molecule has 0 saturated carbocycles. The van der Waals surface area contributed by atoms with E-state index in [-0.39, 0.29) is 18.9 Å². The maximum absolute atomic E-state index is 13.4. The number of amides is 1. The van der Waals surface area contributed by atoms with Crippen LogP contribution in [0.3, 0.4) is 0 Å². The number of hydrogen-bond acceptors (Lipinski definition) is 18. The second-order valence-electron chi connectivity index (χ2n) is 23.2. The number of allylic oxidation sites excluding steroid dienone is 3. The molecule has 476 valence electrons. The Hall–Kier alpha value is -1.73. The molecule has 0 aromatic rings. The van der Waals surface area contributed by atoms with Crippen LogP contribution < -0.4 is 5.32 Å². The van der Waals surface area contributed by atoms with Gasteiger partial charge in [0.25, 0.3) is 0 Å². The van der Waals surface area contributed by atoms with Crippen LogP contribution in [0.15, 0.2) is 24.3 Å². The monoisotopic (exact) mass is 1160 g/mol. The standard InChI is InChI=1S/C62H115NO18/c1-3-5-7-9-11-13-15-17-19-21-22-24-26-28-30-32-34-36-38-40-50(68)63-45(46(67)39-37-35-33-31-29-27-25-23-20-18-16-14-12-10-8-6-4-2)44-76-60-56(74)53(71)58(48(42-65)78-60)81-62-57(75)54(72)59(49(43-66)79-62)80-61-55(73)52(70)51(69)47(41-64)77-61/h17,19,37,39,45-49,51-62,64-67,69-75H,3-16,18,20-36,38,40-44H2,1-2H3,(H,63,68)/b19-17-,39-37+. The minimum absolute atomic E-state index is 0.243. The summed E-state index contributed by atoms with van der Waals surface area (Å²) in [6.45, 7) is 1.73. The topological polar surface area (TPSA) is 307 Å². The zero-order valence-electron chi connectivity index (χ0n) is 49.8. The molecule has 12 N–H and O–H groups in total. The highest BCUT2D eigenvalue weighted by molar-refractivity contribution is 5.76. The van der Waals surface area contributed by atoms with Gasteiger partial charge in [0.05, 0.1) is 38.6 Å². The number of carbonyl (C=O) groups is 1. The van der Waals surface area contributed by atoms with Gasteiger partial charge in [0.1, 0.15) is 73.2 Å². The largest absolute Gasteiger partial charge is 0.394 e. The Kier molecular flexibility index (Phi) is 41.4. The van der Waals surface area contributed by atoms with Gasteiger partial charge in [-0.25, -0.2) is 0 Å². The zero-order valence-corrected chi connectivity index (χ0v) is 49.8.